The van der Waals surface area contributed by atoms with Gasteiger partial charge in [-0.2, -0.15) is 5.26 Å². The van der Waals surface area contributed by atoms with E-state index in [9.17, 15) is 10.1 Å². The number of fused-ring (bicyclic) bond motifs is 1. The number of thiazole rings is 1. The number of Topliss-reactive ketones (excluding diaryl/α,β-unsaturated/α-hetero) is 1. The van der Waals surface area contributed by atoms with E-state index in [4.69, 9.17) is 5.41 Å². The molecule has 0 bridgehead atoms. The number of carbonyl (C=O) groups excluding carboxylic acids is 1. The summed E-state index contributed by atoms with van der Waals surface area (Å²) in [6, 6.07) is 17.9. The number of nitriles is 1. The Morgan fingerprint density at radius 3 is 2.81 bits per heavy atom. The van der Waals surface area contributed by atoms with Gasteiger partial charge < -0.3 is 4.57 Å². The maximum absolute atomic E-state index is 13.0. The topological polar surface area (TPSA) is 82.5 Å². The zero-order valence-electron chi connectivity index (χ0n) is 16.3. The zero-order valence-corrected chi connectivity index (χ0v) is 17.9. The largest absolute Gasteiger partial charge is 0.342 e. The van der Waals surface area contributed by atoms with E-state index in [2.05, 4.69) is 15.6 Å². The first-order valence-corrected chi connectivity index (χ1v) is 11.3. The molecule has 1 fully saturated rings. The number of para-hydroxylation sites is 1. The van der Waals surface area contributed by atoms with Crippen LogP contribution in [0.2, 0.25) is 0 Å². The van der Waals surface area contributed by atoms with Gasteiger partial charge in [-0.3, -0.25) is 10.2 Å². The smallest absolute Gasteiger partial charge is 0.186 e. The van der Waals surface area contributed by atoms with Crippen LogP contribution in [0.4, 0.5) is 0 Å². The van der Waals surface area contributed by atoms with Gasteiger partial charge in [-0.05, 0) is 23.8 Å². The lowest BCUT2D eigenvalue weighted by atomic mass is 10.0. The summed E-state index contributed by atoms with van der Waals surface area (Å²) in [6.07, 6.45) is 5.56. The van der Waals surface area contributed by atoms with Crippen molar-refractivity contribution in [2.24, 2.45) is 0 Å². The number of thioether (sulfide) groups is 1. The first kappa shape index (κ1) is 19.5. The van der Waals surface area contributed by atoms with E-state index in [0.29, 0.717) is 27.1 Å². The molecule has 1 saturated heterocycles. The number of aromatic nitrogens is 2. The van der Waals surface area contributed by atoms with Gasteiger partial charge in [0.25, 0.3) is 0 Å². The molecule has 0 spiro atoms. The molecule has 1 aliphatic heterocycles. The Labute approximate surface area is 187 Å². The van der Waals surface area contributed by atoms with Crippen molar-refractivity contribution in [2.45, 2.75) is 12.5 Å². The third-order valence-corrected chi connectivity index (χ3v) is 7.10. The van der Waals surface area contributed by atoms with E-state index in [-0.39, 0.29) is 5.78 Å². The predicted octanol–water partition coefficient (Wildman–Crippen LogP) is 5.44. The molecule has 2 aromatic carbocycles. The molecule has 4 aromatic rings. The highest BCUT2D eigenvalue weighted by Crippen LogP contribution is 2.41. The van der Waals surface area contributed by atoms with Crippen LogP contribution in [0.5, 0.6) is 0 Å². The summed E-state index contributed by atoms with van der Waals surface area (Å²) < 4.78 is 2.10. The van der Waals surface area contributed by atoms with Crippen LogP contribution in [0.1, 0.15) is 27.6 Å². The van der Waals surface area contributed by atoms with Crippen molar-refractivity contribution >= 4 is 50.9 Å². The summed E-state index contributed by atoms with van der Waals surface area (Å²) in [4.78, 5) is 17.8. The minimum absolute atomic E-state index is 0.0726. The van der Waals surface area contributed by atoms with Crippen LogP contribution < -0.4 is 0 Å². The van der Waals surface area contributed by atoms with Crippen molar-refractivity contribution in [3.8, 4) is 6.07 Å². The van der Waals surface area contributed by atoms with E-state index in [0.717, 1.165) is 22.0 Å². The normalized spacial score (nSPS) is 17.5. The monoisotopic (exact) mass is 440 g/mol. The lowest BCUT2D eigenvalue weighted by molar-refractivity contribution is -0.114. The van der Waals surface area contributed by atoms with Crippen molar-refractivity contribution in [3.05, 3.63) is 92.9 Å². The number of nitrogens with one attached hydrogen (secondary N) is 1. The highest BCUT2D eigenvalue weighted by atomic mass is 32.2. The molecule has 1 N–H and O–H groups in total. The lowest BCUT2D eigenvalue weighted by Crippen LogP contribution is -2.11. The quantitative estimate of drug-likeness (QED) is 0.429. The fourth-order valence-electron chi connectivity index (χ4n) is 3.80. The average Bonchev–Trinajstić information content (AvgIpc) is 3.49. The maximum atomic E-state index is 13.0. The van der Waals surface area contributed by atoms with Gasteiger partial charge in [0, 0.05) is 40.8 Å². The fraction of sp³-hybridized carbons (Fsp3) is 0.0833. The Kier molecular flexibility index (Phi) is 5.02. The summed E-state index contributed by atoms with van der Waals surface area (Å²) in [5.74, 6) is -0.663. The van der Waals surface area contributed by atoms with Crippen molar-refractivity contribution in [1.82, 2.24) is 9.55 Å². The predicted molar refractivity (Wildman–Crippen MR) is 125 cm³/mol. The minimum Gasteiger partial charge on any atom is -0.342 e. The highest BCUT2D eigenvalue weighted by Gasteiger charge is 2.38. The molecule has 0 unspecified atom stereocenters. The first-order chi connectivity index (χ1) is 15.2. The maximum Gasteiger partial charge on any atom is 0.186 e. The molecule has 0 amide bonds. The Bertz CT molecular complexity index is 1390. The lowest BCUT2D eigenvalue weighted by Gasteiger charge is -2.07. The summed E-state index contributed by atoms with van der Waals surface area (Å²) in [5, 5.41) is 21.6. The standard InChI is InChI=1S/C24H16N4OS2/c25-12-15-5-1-2-6-16(15)13-28-14-17(18-7-3-4-8-19(18)28)11-20-22(29)21(23(26)31-20)24-27-9-10-30-24/h1-11,14,21,26H,13H2/b20-11-,26-23?/t21-/m1/s1. The SMILES string of the molecule is N#Cc1ccccc1Cn1cc(/C=C2\SC(=N)[C@H](c3nccs3)C2=O)c2ccccc21. The molecule has 2 aromatic heterocycles. The van der Waals surface area contributed by atoms with Crippen molar-refractivity contribution in [3.63, 3.8) is 0 Å². The third kappa shape index (κ3) is 3.50. The number of benzene rings is 2. The third-order valence-electron chi connectivity index (χ3n) is 5.27. The van der Waals surface area contributed by atoms with Crippen molar-refractivity contribution in [1.29, 1.82) is 10.7 Å². The molecule has 31 heavy (non-hydrogen) atoms. The highest BCUT2D eigenvalue weighted by molar-refractivity contribution is 8.19. The molecule has 5 rings (SSSR count). The number of carbonyl (C=O) groups is 1. The van der Waals surface area contributed by atoms with Gasteiger partial charge in [0.1, 0.15) is 10.9 Å². The Hall–Kier alpha value is -3.47. The fourth-order valence-corrected chi connectivity index (χ4v) is 5.60. The molecule has 0 radical (unpaired) electrons. The summed E-state index contributed by atoms with van der Waals surface area (Å²) in [6.45, 7) is 0.562. The molecule has 1 aliphatic rings. The number of hydrogen-bond acceptors (Lipinski definition) is 6. The molecule has 1 atom stereocenters. The number of nitrogens with zero attached hydrogens (tertiary/aromatic N) is 3. The summed E-state index contributed by atoms with van der Waals surface area (Å²) >= 11 is 2.62. The summed E-state index contributed by atoms with van der Waals surface area (Å²) in [5.41, 5.74) is 3.56. The number of rotatable bonds is 4. The first-order valence-electron chi connectivity index (χ1n) is 9.63. The van der Waals surface area contributed by atoms with E-state index >= 15 is 0 Å². The van der Waals surface area contributed by atoms with Gasteiger partial charge in [-0.15, -0.1) is 11.3 Å². The summed E-state index contributed by atoms with van der Waals surface area (Å²) in [7, 11) is 0. The van der Waals surface area contributed by atoms with Gasteiger partial charge in [-0.1, -0.05) is 48.2 Å². The molecular formula is C24H16N4OS2. The van der Waals surface area contributed by atoms with E-state index in [1.807, 2.05) is 66.2 Å². The van der Waals surface area contributed by atoms with Crippen LogP contribution in [-0.4, -0.2) is 20.4 Å². The van der Waals surface area contributed by atoms with Crippen LogP contribution in [0.3, 0.4) is 0 Å². The molecule has 150 valence electrons. The van der Waals surface area contributed by atoms with Gasteiger partial charge in [-0.25, -0.2) is 4.98 Å². The molecule has 5 nitrogen and oxygen atoms in total. The second-order valence-corrected chi connectivity index (χ2v) is 9.15. The van der Waals surface area contributed by atoms with Crippen LogP contribution in [0, 0.1) is 16.7 Å². The van der Waals surface area contributed by atoms with Gasteiger partial charge in [0.2, 0.25) is 0 Å². The van der Waals surface area contributed by atoms with E-state index in [1.54, 1.807) is 6.20 Å². The van der Waals surface area contributed by atoms with Gasteiger partial charge in [0.15, 0.2) is 5.78 Å². The van der Waals surface area contributed by atoms with Crippen molar-refractivity contribution < 1.29 is 4.79 Å². The molecule has 0 aliphatic carbocycles. The number of allylic oxidation sites excluding steroid dienone is 1. The minimum atomic E-state index is -0.591. The molecule has 7 heteroatoms. The van der Waals surface area contributed by atoms with Crippen LogP contribution in [0.15, 0.2) is 71.2 Å². The number of hydrogen-bond donors (Lipinski definition) is 1. The molecule has 3 heterocycles. The zero-order chi connectivity index (χ0) is 21.4. The average molecular weight is 441 g/mol. The van der Waals surface area contributed by atoms with Gasteiger partial charge in [0.05, 0.1) is 21.6 Å². The van der Waals surface area contributed by atoms with Crippen LogP contribution >= 0.6 is 23.1 Å². The van der Waals surface area contributed by atoms with E-state index in [1.165, 1.54) is 23.1 Å². The second-order valence-electron chi connectivity index (χ2n) is 7.14. The Morgan fingerprint density at radius 1 is 1.19 bits per heavy atom. The molecule has 0 saturated carbocycles. The second kappa shape index (κ2) is 7.99. The van der Waals surface area contributed by atoms with Crippen LogP contribution in [-0.2, 0) is 11.3 Å². The Balaban J connectivity index is 1.55. The van der Waals surface area contributed by atoms with Crippen molar-refractivity contribution in [2.75, 3.05) is 0 Å². The molecular weight excluding hydrogens is 424 g/mol. The van der Waals surface area contributed by atoms with E-state index < -0.39 is 5.92 Å². The Morgan fingerprint density at radius 2 is 2.00 bits per heavy atom. The van der Waals surface area contributed by atoms with Gasteiger partial charge >= 0.3 is 0 Å². The van der Waals surface area contributed by atoms with Crippen LogP contribution in [0.25, 0.3) is 17.0 Å². The number of ketones is 1.